The first-order valence-corrected chi connectivity index (χ1v) is 6.26. The summed E-state index contributed by atoms with van der Waals surface area (Å²) >= 11 is 0. The van der Waals surface area contributed by atoms with Crippen molar-refractivity contribution in [3.05, 3.63) is 0 Å². The predicted octanol–water partition coefficient (Wildman–Crippen LogP) is 2.08. The van der Waals surface area contributed by atoms with Crippen molar-refractivity contribution in [3.8, 4) is 6.07 Å². The van der Waals surface area contributed by atoms with E-state index in [4.69, 9.17) is 9.47 Å². The van der Waals surface area contributed by atoms with Gasteiger partial charge in [0.1, 0.15) is 5.41 Å². The summed E-state index contributed by atoms with van der Waals surface area (Å²) in [6.45, 7) is 1.80. The van der Waals surface area contributed by atoms with Crippen molar-refractivity contribution in [2.24, 2.45) is 5.41 Å². The Hall–Kier alpha value is -0.920. The number of ketones is 1. The molecule has 17 heavy (non-hydrogen) atoms. The number of hydrogen-bond donors (Lipinski definition) is 0. The number of rotatable bonds is 7. The van der Waals surface area contributed by atoms with Gasteiger partial charge in [0, 0.05) is 33.4 Å². The number of carbonyl (C=O) groups is 1. The van der Waals surface area contributed by atoms with Crippen molar-refractivity contribution in [1.82, 2.24) is 0 Å². The van der Waals surface area contributed by atoms with Crippen molar-refractivity contribution in [2.45, 2.75) is 38.5 Å². The highest BCUT2D eigenvalue weighted by Crippen LogP contribution is 2.35. The molecule has 0 saturated heterocycles. The highest BCUT2D eigenvalue weighted by Gasteiger charge is 2.39. The Bertz CT molecular complexity index is 285. The van der Waals surface area contributed by atoms with E-state index in [0.717, 1.165) is 19.3 Å². The topological polar surface area (TPSA) is 59.3 Å². The molecule has 96 valence electrons. The van der Waals surface area contributed by atoms with E-state index in [1.54, 1.807) is 7.11 Å². The van der Waals surface area contributed by atoms with Crippen molar-refractivity contribution >= 4 is 5.78 Å². The third-order valence-corrected chi connectivity index (χ3v) is 3.32. The number of Topliss-reactive ketones (excluding diaryl/α,β-unsaturated/α-hetero) is 1. The highest BCUT2D eigenvalue weighted by atomic mass is 16.5. The lowest BCUT2D eigenvalue weighted by Crippen LogP contribution is -2.34. The molecule has 0 aromatic heterocycles. The van der Waals surface area contributed by atoms with E-state index < -0.39 is 5.41 Å². The maximum Gasteiger partial charge on any atom is 0.153 e. The predicted molar refractivity (Wildman–Crippen MR) is 63.5 cm³/mol. The first-order valence-electron chi connectivity index (χ1n) is 6.26. The lowest BCUT2D eigenvalue weighted by Gasteiger charge is -2.28. The number of hydrogen-bond acceptors (Lipinski definition) is 4. The lowest BCUT2D eigenvalue weighted by atomic mass is 9.72. The molecule has 1 aliphatic carbocycles. The second-order valence-electron chi connectivity index (χ2n) is 4.53. The number of nitriles is 1. The summed E-state index contributed by atoms with van der Waals surface area (Å²) in [7, 11) is 1.66. The van der Waals surface area contributed by atoms with E-state index in [0.29, 0.717) is 39.1 Å². The van der Waals surface area contributed by atoms with Crippen LogP contribution in [0, 0.1) is 16.7 Å². The average molecular weight is 239 g/mol. The van der Waals surface area contributed by atoms with Gasteiger partial charge in [-0.15, -0.1) is 0 Å². The van der Waals surface area contributed by atoms with Gasteiger partial charge >= 0.3 is 0 Å². The van der Waals surface area contributed by atoms with Gasteiger partial charge in [0.15, 0.2) is 5.78 Å². The molecule has 0 amide bonds. The van der Waals surface area contributed by atoms with Gasteiger partial charge in [-0.25, -0.2) is 0 Å². The fraction of sp³-hybridized carbons (Fsp3) is 0.846. The third-order valence-electron chi connectivity index (χ3n) is 3.32. The molecule has 0 aliphatic heterocycles. The Balaban J connectivity index is 2.27. The Morgan fingerprint density at radius 2 is 2.18 bits per heavy atom. The van der Waals surface area contributed by atoms with Gasteiger partial charge in [-0.2, -0.15) is 5.26 Å². The van der Waals surface area contributed by atoms with Crippen LogP contribution in [0.2, 0.25) is 0 Å². The zero-order valence-corrected chi connectivity index (χ0v) is 10.5. The number of nitrogens with zero attached hydrogens (tertiary/aromatic N) is 1. The Morgan fingerprint density at radius 3 is 2.82 bits per heavy atom. The molecular weight excluding hydrogens is 218 g/mol. The summed E-state index contributed by atoms with van der Waals surface area (Å²) in [6, 6.07) is 2.22. The number of ether oxygens (including phenoxy) is 2. The molecule has 0 bridgehead atoms. The molecule has 1 rings (SSSR count). The van der Waals surface area contributed by atoms with Crippen LogP contribution in [0.5, 0.6) is 0 Å². The fourth-order valence-electron chi connectivity index (χ4n) is 2.18. The van der Waals surface area contributed by atoms with Crippen LogP contribution in [0.4, 0.5) is 0 Å². The number of carbonyl (C=O) groups excluding carboxylic acids is 1. The normalized spacial score (nSPS) is 24.6. The number of methoxy groups -OCH3 is 1. The van der Waals surface area contributed by atoms with Crippen molar-refractivity contribution in [2.75, 3.05) is 26.9 Å². The molecule has 1 atom stereocenters. The van der Waals surface area contributed by atoms with Gasteiger partial charge in [0.25, 0.3) is 0 Å². The van der Waals surface area contributed by atoms with E-state index in [1.807, 2.05) is 0 Å². The first kappa shape index (κ1) is 14.1. The zero-order chi connectivity index (χ0) is 12.6. The Labute approximate surface area is 103 Å². The molecule has 0 aromatic carbocycles. The van der Waals surface area contributed by atoms with Crippen LogP contribution in [0.1, 0.15) is 38.5 Å². The molecule has 0 aromatic rings. The second kappa shape index (κ2) is 7.41. The second-order valence-corrected chi connectivity index (χ2v) is 4.53. The van der Waals surface area contributed by atoms with Gasteiger partial charge in [0.2, 0.25) is 0 Å². The average Bonchev–Trinajstić information content (AvgIpc) is 2.36. The molecular formula is C13H21NO3. The monoisotopic (exact) mass is 239 g/mol. The van der Waals surface area contributed by atoms with Gasteiger partial charge < -0.3 is 9.47 Å². The summed E-state index contributed by atoms with van der Waals surface area (Å²) in [5.74, 6) is 0.103. The molecule has 0 spiro atoms. The molecule has 1 aliphatic rings. The molecule has 1 saturated carbocycles. The summed E-state index contributed by atoms with van der Waals surface area (Å²) in [5.41, 5.74) is -0.764. The molecule has 0 heterocycles. The van der Waals surface area contributed by atoms with Gasteiger partial charge in [0.05, 0.1) is 6.07 Å². The minimum Gasteiger partial charge on any atom is -0.385 e. The largest absolute Gasteiger partial charge is 0.385 e. The summed E-state index contributed by atoms with van der Waals surface area (Å²) < 4.78 is 10.3. The Morgan fingerprint density at radius 1 is 1.35 bits per heavy atom. The SMILES string of the molecule is COCCCOCCC1(C#N)CCCCC1=O. The first-order chi connectivity index (χ1) is 8.25. The molecule has 0 radical (unpaired) electrons. The van der Waals surface area contributed by atoms with E-state index in [-0.39, 0.29) is 5.78 Å². The summed E-state index contributed by atoms with van der Waals surface area (Å²) in [6.07, 6.45) is 4.54. The van der Waals surface area contributed by atoms with E-state index >= 15 is 0 Å². The van der Waals surface area contributed by atoms with Gasteiger partial charge in [-0.3, -0.25) is 4.79 Å². The third kappa shape index (κ3) is 4.10. The highest BCUT2D eigenvalue weighted by molar-refractivity contribution is 5.88. The van der Waals surface area contributed by atoms with Crippen LogP contribution >= 0.6 is 0 Å². The standard InChI is InChI=1S/C13H21NO3/c1-16-8-4-9-17-10-7-13(11-14)6-3-2-5-12(13)15/h2-10H2,1H3. The van der Waals surface area contributed by atoms with Crippen LogP contribution < -0.4 is 0 Å². The molecule has 0 N–H and O–H groups in total. The minimum atomic E-state index is -0.764. The van der Waals surface area contributed by atoms with Crippen LogP contribution in [-0.2, 0) is 14.3 Å². The zero-order valence-electron chi connectivity index (χ0n) is 10.5. The Kier molecular flexibility index (Phi) is 6.17. The van der Waals surface area contributed by atoms with Crippen molar-refractivity contribution < 1.29 is 14.3 Å². The molecule has 4 heteroatoms. The maximum absolute atomic E-state index is 11.8. The van der Waals surface area contributed by atoms with E-state index in [1.165, 1.54) is 0 Å². The van der Waals surface area contributed by atoms with E-state index in [9.17, 15) is 10.1 Å². The fourth-order valence-corrected chi connectivity index (χ4v) is 2.18. The van der Waals surface area contributed by atoms with Gasteiger partial charge in [-0.1, -0.05) is 6.42 Å². The van der Waals surface area contributed by atoms with Crippen LogP contribution in [0.25, 0.3) is 0 Å². The molecule has 1 fully saturated rings. The van der Waals surface area contributed by atoms with Crippen LogP contribution in [-0.4, -0.2) is 32.7 Å². The molecule has 4 nitrogen and oxygen atoms in total. The quantitative estimate of drug-likeness (QED) is 0.638. The van der Waals surface area contributed by atoms with Crippen LogP contribution in [0.15, 0.2) is 0 Å². The minimum absolute atomic E-state index is 0.103. The van der Waals surface area contributed by atoms with Crippen molar-refractivity contribution in [3.63, 3.8) is 0 Å². The van der Waals surface area contributed by atoms with E-state index in [2.05, 4.69) is 6.07 Å². The lowest BCUT2D eigenvalue weighted by molar-refractivity contribution is -0.129. The molecule has 1 unspecified atom stereocenters. The summed E-state index contributed by atoms with van der Waals surface area (Å²) in [5, 5.41) is 9.21. The maximum atomic E-state index is 11.8. The summed E-state index contributed by atoms with van der Waals surface area (Å²) in [4.78, 5) is 11.8. The van der Waals surface area contributed by atoms with Gasteiger partial charge in [-0.05, 0) is 25.7 Å². The van der Waals surface area contributed by atoms with Crippen LogP contribution in [0.3, 0.4) is 0 Å². The van der Waals surface area contributed by atoms with Crippen molar-refractivity contribution in [1.29, 1.82) is 5.26 Å². The smallest absolute Gasteiger partial charge is 0.153 e.